The first-order valence-electron chi connectivity index (χ1n) is 9.02. The highest BCUT2D eigenvalue weighted by atomic mass is 35.5. The molecular formula is C22H30ClN. The summed E-state index contributed by atoms with van der Waals surface area (Å²) in [5.41, 5.74) is 3.71. The molecule has 1 nitrogen and oxygen atoms in total. The Bertz CT molecular complexity index is 549. The van der Waals surface area contributed by atoms with Gasteiger partial charge < -0.3 is 4.90 Å². The van der Waals surface area contributed by atoms with E-state index in [1.807, 2.05) is 24.3 Å². The average Bonchev–Trinajstić information content (AvgIpc) is 2.57. The van der Waals surface area contributed by atoms with Gasteiger partial charge in [-0.25, -0.2) is 0 Å². The quantitative estimate of drug-likeness (QED) is 0.606. The van der Waals surface area contributed by atoms with E-state index in [2.05, 4.69) is 56.9 Å². The highest BCUT2D eigenvalue weighted by Crippen LogP contribution is 2.21. The van der Waals surface area contributed by atoms with E-state index in [4.69, 9.17) is 11.6 Å². The van der Waals surface area contributed by atoms with Gasteiger partial charge in [-0.15, -0.1) is 0 Å². The summed E-state index contributed by atoms with van der Waals surface area (Å²) in [6, 6.07) is 17.1. The monoisotopic (exact) mass is 343 g/mol. The number of aryl methyl sites for hydroxylation is 1. The van der Waals surface area contributed by atoms with E-state index < -0.39 is 0 Å². The lowest BCUT2D eigenvalue weighted by molar-refractivity contribution is 0.156. The molecule has 2 heteroatoms. The van der Waals surface area contributed by atoms with Crippen LogP contribution in [0.4, 0.5) is 0 Å². The third kappa shape index (κ3) is 5.96. The van der Waals surface area contributed by atoms with Gasteiger partial charge >= 0.3 is 0 Å². The minimum absolute atomic E-state index is 0.757. The maximum absolute atomic E-state index is 5.82. The van der Waals surface area contributed by atoms with Gasteiger partial charge in [0.05, 0.1) is 0 Å². The van der Waals surface area contributed by atoms with Crippen molar-refractivity contribution in [1.82, 2.24) is 4.90 Å². The first-order chi connectivity index (χ1) is 11.5. The molecule has 1 heterocycles. The Morgan fingerprint density at radius 3 is 1.79 bits per heavy atom. The summed E-state index contributed by atoms with van der Waals surface area (Å²) in [5, 5.41) is 0.779. The van der Waals surface area contributed by atoms with Gasteiger partial charge in [0.1, 0.15) is 0 Å². The molecule has 0 unspecified atom stereocenters. The highest BCUT2D eigenvalue weighted by Gasteiger charge is 2.16. The number of nitrogens with zero attached hydrogens (tertiary/aromatic N) is 1. The fourth-order valence-electron chi connectivity index (χ4n) is 2.93. The number of hydrogen-bond donors (Lipinski definition) is 0. The van der Waals surface area contributed by atoms with E-state index >= 15 is 0 Å². The van der Waals surface area contributed by atoms with Crippen molar-refractivity contribution in [3.05, 3.63) is 59.1 Å². The van der Waals surface area contributed by atoms with Crippen molar-refractivity contribution in [2.45, 2.75) is 46.6 Å². The number of rotatable bonds is 2. The van der Waals surface area contributed by atoms with Gasteiger partial charge in [-0.1, -0.05) is 60.5 Å². The molecule has 3 rings (SSSR count). The van der Waals surface area contributed by atoms with Crippen LogP contribution in [0.15, 0.2) is 48.5 Å². The standard InChI is InChI=1S/C13H11Cl.C9H19N/c1-10-2-4-11(5-3-10)12-6-8-13(14)9-7-12;1-8(2)10-6-4-9(3)5-7-10/h2-9H,1H3;8-9H,4-7H2,1-3H3. The molecule has 2 aromatic carbocycles. The predicted octanol–water partition coefficient (Wildman–Crippen LogP) is 6.44. The number of likely N-dealkylation sites (tertiary alicyclic amines) is 1. The van der Waals surface area contributed by atoms with Gasteiger partial charge in [0.15, 0.2) is 0 Å². The highest BCUT2D eigenvalue weighted by molar-refractivity contribution is 6.30. The number of benzene rings is 2. The van der Waals surface area contributed by atoms with Crippen LogP contribution in [-0.2, 0) is 0 Å². The van der Waals surface area contributed by atoms with E-state index in [1.54, 1.807) is 0 Å². The van der Waals surface area contributed by atoms with E-state index in [9.17, 15) is 0 Å². The third-order valence-corrected chi connectivity index (χ3v) is 5.03. The lowest BCUT2D eigenvalue weighted by Gasteiger charge is -2.33. The zero-order chi connectivity index (χ0) is 17.5. The van der Waals surface area contributed by atoms with E-state index in [0.717, 1.165) is 17.0 Å². The molecular weight excluding hydrogens is 314 g/mol. The lowest BCUT2D eigenvalue weighted by atomic mass is 9.98. The molecule has 0 bridgehead atoms. The molecule has 130 valence electrons. The van der Waals surface area contributed by atoms with Crippen molar-refractivity contribution in [2.75, 3.05) is 13.1 Å². The maximum atomic E-state index is 5.82. The van der Waals surface area contributed by atoms with E-state index in [1.165, 1.54) is 42.6 Å². The molecule has 0 amide bonds. The molecule has 0 aromatic heterocycles. The third-order valence-electron chi connectivity index (χ3n) is 4.78. The molecule has 1 saturated heterocycles. The lowest BCUT2D eigenvalue weighted by Crippen LogP contribution is -2.37. The largest absolute Gasteiger partial charge is 0.301 e. The van der Waals surface area contributed by atoms with Crippen LogP contribution in [0.1, 0.15) is 39.2 Å². The summed E-state index contributed by atoms with van der Waals surface area (Å²) in [7, 11) is 0. The van der Waals surface area contributed by atoms with Crippen molar-refractivity contribution in [3.8, 4) is 11.1 Å². The minimum atomic E-state index is 0.757. The van der Waals surface area contributed by atoms with Gasteiger partial charge in [-0.3, -0.25) is 0 Å². The summed E-state index contributed by atoms with van der Waals surface area (Å²) in [5.74, 6) is 0.968. The predicted molar refractivity (Wildman–Crippen MR) is 107 cm³/mol. The van der Waals surface area contributed by atoms with Crippen molar-refractivity contribution >= 4 is 11.6 Å². The molecule has 0 aliphatic carbocycles. The molecule has 0 atom stereocenters. The Morgan fingerprint density at radius 1 is 0.875 bits per heavy atom. The average molecular weight is 344 g/mol. The fraction of sp³-hybridized carbons (Fsp3) is 0.455. The van der Waals surface area contributed by atoms with E-state index in [0.29, 0.717) is 0 Å². The Kier molecular flexibility index (Phi) is 7.33. The molecule has 0 N–H and O–H groups in total. The van der Waals surface area contributed by atoms with Gasteiger partial charge in [-0.2, -0.15) is 0 Å². The zero-order valence-electron chi connectivity index (χ0n) is 15.4. The molecule has 1 fully saturated rings. The molecule has 2 aromatic rings. The zero-order valence-corrected chi connectivity index (χ0v) is 16.2. The summed E-state index contributed by atoms with van der Waals surface area (Å²) in [6.07, 6.45) is 2.80. The van der Waals surface area contributed by atoms with Gasteiger partial charge in [-0.05, 0) is 75.9 Å². The van der Waals surface area contributed by atoms with Crippen LogP contribution in [0.2, 0.25) is 5.02 Å². The van der Waals surface area contributed by atoms with Crippen LogP contribution in [-0.4, -0.2) is 24.0 Å². The van der Waals surface area contributed by atoms with Gasteiger partial charge in [0.2, 0.25) is 0 Å². The SMILES string of the molecule is CC1CCN(C(C)C)CC1.Cc1ccc(-c2ccc(Cl)cc2)cc1. The summed E-state index contributed by atoms with van der Waals surface area (Å²) in [6.45, 7) is 11.7. The topological polar surface area (TPSA) is 3.24 Å². The summed E-state index contributed by atoms with van der Waals surface area (Å²) < 4.78 is 0. The first kappa shape index (κ1) is 19.0. The van der Waals surface area contributed by atoms with Crippen LogP contribution in [0.3, 0.4) is 0 Å². The first-order valence-corrected chi connectivity index (χ1v) is 9.40. The van der Waals surface area contributed by atoms with Crippen molar-refractivity contribution in [2.24, 2.45) is 5.92 Å². The molecule has 0 spiro atoms. The number of halogens is 1. The van der Waals surface area contributed by atoms with Crippen LogP contribution in [0.25, 0.3) is 11.1 Å². The van der Waals surface area contributed by atoms with Gasteiger partial charge in [0.25, 0.3) is 0 Å². The second-order valence-corrected chi connectivity index (χ2v) is 7.62. The smallest absolute Gasteiger partial charge is 0.0406 e. The van der Waals surface area contributed by atoms with Crippen molar-refractivity contribution < 1.29 is 0 Å². The maximum Gasteiger partial charge on any atom is 0.0406 e. The van der Waals surface area contributed by atoms with Crippen LogP contribution < -0.4 is 0 Å². The Hall–Kier alpha value is -1.31. The van der Waals surface area contributed by atoms with Crippen LogP contribution in [0, 0.1) is 12.8 Å². The number of hydrogen-bond acceptors (Lipinski definition) is 1. The fourth-order valence-corrected chi connectivity index (χ4v) is 3.06. The van der Waals surface area contributed by atoms with Crippen LogP contribution >= 0.6 is 11.6 Å². The normalized spacial score (nSPS) is 15.9. The second kappa shape index (κ2) is 9.25. The molecule has 1 aliphatic heterocycles. The van der Waals surface area contributed by atoms with Crippen LogP contribution in [0.5, 0.6) is 0 Å². The second-order valence-electron chi connectivity index (χ2n) is 7.19. The number of piperidine rings is 1. The summed E-state index contributed by atoms with van der Waals surface area (Å²) >= 11 is 5.82. The molecule has 24 heavy (non-hydrogen) atoms. The summed E-state index contributed by atoms with van der Waals surface area (Å²) in [4.78, 5) is 2.57. The molecule has 0 radical (unpaired) electrons. The Balaban J connectivity index is 0.000000185. The van der Waals surface area contributed by atoms with E-state index in [-0.39, 0.29) is 0 Å². The Morgan fingerprint density at radius 2 is 1.33 bits per heavy atom. The molecule has 0 saturated carbocycles. The van der Waals surface area contributed by atoms with Crippen molar-refractivity contribution in [1.29, 1.82) is 0 Å². The molecule has 1 aliphatic rings. The van der Waals surface area contributed by atoms with Gasteiger partial charge in [0, 0.05) is 11.1 Å². The minimum Gasteiger partial charge on any atom is -0.301 e. The Labute approximate surface area is 152 Å². The van der Waals surface area contributed by atoms with Crippen molar-refractivity contribution in [3.63, 3.8) is 0 Å².